The summed E-state index contributed by atoms with van der Waals surface area (Å²) < 4.78 is 1.95. The zero-order chi connectivity index (χ0) is 19.8. The topological polar surface area (TPSA) is 76.9 Å². The molecule has 1 atom stereocenters. The Morgan fingerprint density at radius 2 is 2.04 bits per heavy atom. The number of hydrogen-bond donors (Lipinski definition) is 1. The molecule has 0 bridgehead atoms. The highest BCUT2D eigenvalue weighted by Gasteiger charge is 2.22. The molecule has 142 valence electrons. The van der Waals surface area contributed by atoms with Crippen molar-refractivity contribution in [2.45, 2.75) is 33.2 Å². The number of rotatable bonds is 4. The number of nitrogens with zero attached hydrogens (tertiary/aromatic N) is 3. The fraction of sp³-hybridized carbons (Fsp3) is 0.238. The van der Waals surface area contributed by atoms with E-state index in [4.69, 9.17) is 0 Å². The maximum atomic E-state index is 13.1. The molecule has 4 aromatic rings. The zero-order valence-corrected chi connectivity index (χ0v) is 16.7. The van der Waals surface area contributed by atoms with Crippen LogP contribution >= 0.6 is 11.3 Å². The van der Waals surface area contributed by atoms with Crippen molar-refractivity contribution in [1.82, 2.24) is 14.5 Å². The van der Waals surface area contributed by atoms with Crippen LogP contribution in [0.3, 0.4) is 0 Å². The quantitative estimate of drug-likeness (QED) is 0.564. The number of nitrogens with one attached hydrogen (secondary N) is 1. The molecule has 7 heteroatoms. The number of carbonyl (C=O) groups excluding carboxylic acids is 1. The van der Waals surface area contributed by atoms with Crippen molar-refractivity contribution in [3.05, 3.63) is 64.3 Å². The van der Waals surface area contributed by atoms with Gasteiger partial charge in [-0.25, -0.2) is 9.97 Å². The van der Waals surface area contributed by atoms with Crippen LogP contribution < -0.4 is 10.9 Å². The van der Waals surface area contributed by atoms with Gasteiger partial charge in [0.2, 0.25) is 5.91 Å². The van der Waals surface area contributed by atoms with E-state index in [1.165, 1.54) is 22.2 Å². The maximum absolute atomic E-state index is 13.1. The van der Waals surface area contributed by atoms with Crippen LogP contribution in [-0.2, 0) is 4.79 Å². The average Bonchev–Trinajstić information content (AvgIpc) is 3.07. The molecule has 0 radical (unpaired) electrons. The van der Waals surface area contributed by atoms with Gasteiger partial charge in [0.1, 0.15) is 15.6 Å². The van der Waals surface area contributed by atoms with E-state index in [1.54, 1.807) is 6.20 Å². The summed E-state index contributed by atoms with van der Waals surface area (Å²) in [6.45, 7) is 5.91. The van der Waals surface area contributed by atoms with Crippen molar-refractivity contribution in [1.29, 1.82) is 0 Å². The Hall–Kier alpha value is -3.06. The predicted octanol–water partition coefficient (Wildman–Crippen LogP) is 4.21. The third kappa shape index (κ3) is 3.07. The standard InChI is InChI=1S/C21H20N4O2S/c1-4-16(19(26)24-14-8-7-12(2)13(3)10-14)25-11-23-17-15-6-5-9-22-20(15)28-18(17)21(25)27/h5-11,16H,4H2,1-3H3,(H,24,26)/t16-/m1/s1. The minimum absolute atomic E-state index is 0.213. The molecule has 0 saturated heterocycles. The van der Waals surface area contributed by atoms with Crippen molar-refractivity contribution in [2.24, 2.45) is 0 Å². The molecule has 0 aliphatic carbocycles. The Balaban J connectivity index is 1.72. The molecule has 0 unspecified atom stereocenters. The Morgan fingerprint density at radius 1 is 1.21 bits per heavy atom. The Bertz CT molecular complexity index is 1260. The highest BCUT2D eigenvalue weighted by molar-refractivity contribution is 7.25. The molecule has 3 aromatic heterocycles. The number of aromatic nitrogens is 3. The van der Waals surface area contributed by atoms with Gasteiger partial charge >= 0.3 is 0 Å². The molecule has 0 fully saturated rings. The summed E-state index contributed by atoms with van der Waals surface area (Å²) in [5, 5.41) is 3.79. The van der Waals surface area contributed by atoms with Crippen molar-refractivity contribution in [3.63, 3.8) is 0 Å². The number of fused-ring (bicyclic) bond motifs is 3. The fourth-order valence-corrected chi connectivity index (χ4v) is 4.29. The molecule has 0 aliphatic rings. The fourth-order valence-electron chi connectivity index (χ4n) is 3.26. The van der Waals surface area contributed by atoms with E-state index >= 15 is 0 Å². The van der Waals surface area contributed by atoms with Crippen LogP contribution in [0, 0.1) is 13.8 Å². The number of hydrogen-bond acceptors (Lipinski definition) is 5. The monoisotopic (exact) mass is 392 g/mol. The number of pyridine rings is 1. The van der Waals surface area contributed by atoms with Crippen LogP contribution in [0.25, 0.3) is 20.4 Å². The summed E-state index contributed by atoms with van der Waals surface area (Å²) in [6.07, 6.45) is 3.65. The van der Waals surface area contributed by atoms with Gasteiger partial charge in [0.05, 0.1) is 11.8 Å². The second-order valence-electron chi connectivity index (χ2n) is 6.81. The lowest BCUT2D eigenvalue weighted by molar-refractivity contribution is -0.119. The van der Waals surface area contributed by atoms with Crippen molar-refractivity contribution < 1.29 is 4.79 Å². The highest BCUT2D eigenvalue weighted by atomic mass is 32.1. The molecule has 3 heterocycles. The normalized spacial score (nSPS) is 12.4. The van der Waals surface area contributed by atoms with Crippen molar-refractivity contribution >= 4 is 43.4 Å². The van der Waals surface area contributed by atoms with E-state index in [1.807, 2.05) is 51.1 Å². The van der Waals surface area contributed by atoms with Gasteiger partial charge in [-0.15, -0.1) is 11.3 Å². The molecule has 6 nitrogen and oxygen atoms in total. The van der Waals surface area contributed by atoms with Gasteiger partial charge in [0.25, 0.3) is 5.56 Å². The first-order valence-corrected chi connectivity index (χ1v) is 9.93. The van der Waals surface area contributed by atoms with Gasteiger partial charge in [-0.1, -0.05) is 13.0 Å². The second kappa shape index (κ2) is 7.16. The molecule has 28 heavy (non-hydrogen) atoms. The second-order valence-corrected chi connectivity index (χ2v) is 7.80. The lowest BCUT2D eigenvalue weighted by Crippen LogP contribution is -2.33. The zero-order valence-electron chi connectivity index (χ0n) is 15.9. The summed E-state index contributed by atoms with van der Waals surface area (Å²) in [5.74, 6) is -0.228. The summed E-state index contributed by atoms with van der Waals surface area (Å²) in [4.78, 5) is 35.5. The Labute approximate surface area is 165 Å². The van der Waals surface area contributed by atoms with Gasteiger partial charge < -0.3 is 5.32 Å². The third-order valence-corrected chi connectivity index (χ3v) is 6.07. The first-order valence-electron chi connectivity index (χ1n) is 9.12. The van der Waals surface area contributed by atoms with Crippen LogP contribution in [0.4, 0.5) is 5.69 Å². The summed E-state index contributed by atoms with van der Waals surface area (Å²) in [6, 6.07) is 8.87. The number of amides is 1. The number of thiophene rings is 1. The molecule has 1 amide bonds. The average molecular weight is 392 g/mol. The van der Waals surface area contributed by atoms with Crippen LogP contribution in [0.1, 0.15) is 30.5 Å². The lowest BCUT2D eigenvalue weighted by Gasteiger charge is -2.18. The highest BCUT2D eigenvalue weighted by Crippen LogP contribution is 2.28. The molecule has 4 rings (SSSR count). The molecule has 0 aliphatic heterocycles. The SMILES string of the molecule is CC[C@H](C(=O)Nc1ccc(C)c(C)c1)n1cnc2c(sc3ncccc32)c1=O. The van der Waals surface area contributed by atoms with Crippen LogP contribution in [0.15, 0.2) is 47.7 Å². The largest absolute Gasteiger partial charge is 0.324 e. The van der Waals surface area contributed by atoms with Gasteiger partial charge in [-0.3, -0.25) is 14.2 Å². The predicted molar refractivity (Wildman–Crippen MR) is 113 cm³/mol. The van der Waals surface area contributed by atoms with Crippen LogP contribution in [0.5, 0.6) is 0 Å². The van der Waals surface area contributed by atoms with Gasteiger partial charge in [-0.05, 0) is 55.7 Å². The van der Waals surface area contributed by atoms with E-state index < -0.39 is 6.04 Å². The number of anilines is 1. The number of carbonyl (C=O) groups is 1. The van der Waals surface area contributed by atoms with Gasteiger partial charge in [0, 0.05) is 17.3 Å². The van der Waals surface area contributed by atoms with E-state index in [0.29, 0.717) is 16.6 Å². The summed E-state index contributed by atoms with van der Waals surface area (Å²) in [7, 11) is 0. The third-order valence-electron chi connectivity index (χ3n) is 4.98. The van der Waals surface area contributed by atoms with Crippen molar-refractivity contribution in [2.75, 3.05) is 5.32 Å². The lowest BCUT2D eigenvalue weighted by atomic mass is 10.1. The molecule has 0 saturated carbocycles. The van der Waals surface area contributed by atoms with Crippen molar-refractivity contribution in [3.8, 4) is 0 Å². The molecule has 0 spiro atoms. The molecule has 1 N–H and O–H groups in total. The minimum Gasteiger partial charge on any atom is -0.324 e. The number of benzene rings is 1. The van der Waals surface area contributed by atoms with E-state index in [0.717, 1.165) is 27.0 Å². The summed E-state index contributed by atoms with van der Waals surface area (Å²) >= 11 is 1.31. The molecular formula is C21H20N4O2S. The van der Waals surface area contributed by atoms with E-state index in [-0.39, 0.29) is 11.5 Å². The first-order chi connectivity index (χ1) is 13.5. The number of aryl methyl sites for hydroxylation is 2. The smallest absolute Gasteiger partial charge is 0.272 e. The Kier molecular flexibility index (Phi) is 4.68. The van der Waals surface area contributed by atoms with Gasteiger partial charge in [0.15, 0.2) is 0 Å². The minimum atomic E-state index is -0.635. The summed E-state index contributed by atoms with van der Waals surface area (Å²) in [5.41, 5.74) is 3.41. The molecular weight excluding hydrogens is 372 g/mol. The first kappa shape index (κ1) is 18.3. The molecule has 1 aromatic carbocycles. The van der Waals surface area contributed by atoms with E-state index in [9.17, 15) is 9.59 Å². The van der Waals surface area contributed by atoms with Gasteiger partial charge in [-0.2, -0.15) is 0 Å². The maximum Gasteiger partial charge on any atom is 0.272 e. The van der Waals surface area contributed by atoms with E-state index in [2.05, 4.69) is 15.3 Å². The Morgan fingerprint density at radius 3 is 2.79 bits per heavy atom. The van der Waals surface area contributed by atoms with Crippen LogP contribution in [-0.4, -0.2) is 20.4 Å². The van der Waals surface area contributed by atoms with Crippen LogP contribution in [0.2, 0.25) is 0 Å².